The van der Waals surface area contributed by atoms with E-state index < -0.39 is 42.9 Å². The zero-order valence-electron chi connectivity index (χ0n) is 20.3. The van der Waals surface area contributed by atoms with E-state index in [-0.39, 0.29) is 27.7 Å². The molecule has 0 fully saturated rings. The molecule has 1 N–H and O–H groups in total. The number of methoxy groups -OCH3 is 2. The number of anilines is 1. The Morgan fingerprint density at radius 3 is 2.41 bits per heavy atom. The van der Waals surface area contributed by atoms with Gasteiger partial charge >= 0.3 is 0 Å². The molecule has 1 amide bonds. The average Bonchev–Trinajstić information content (AvgIpc) is 2.92. The van der Waals surface area contributed by atoms with E-state index in [1.165, 1.54) is 56.7 Å². The fourth-order valence-electron chi connectivity index (χ4n) is 3.32. The molecule has 0 radical (unpaired) electrons. The number of carbonyl (C=O) groups is 1. The molecule has 0 aliphatic heterocycles. The van der Waals surface area contributed by atoms with Gasteiger partial charge in [-0.15, -0.1) is 0 Å². The number of rotatable bonds is 11. The number of carbonyl (C=O) groups excluding carboxylic acids is 1. The lowest BCUT2D eigenvalue weighted by Crippen LogP contribution is -2.40. The van der Waals surface area contributed by atoms with Crippen LogP contribution in [-0.2, 0) is 14.8 Å². The molecule has 3 rings (SSSR count). The minimum absolute atomic E-state index is 0.00353. The minimum Gasteiger partial charge on any atom is -0.497 e. The van der Waals surface area contributed by atoms with Crippen LogP contribution in [0.3, 0.4) is 0 Å². The summed E-state index contributed by atoms with van der Waals surface area (Å²) < 4.78 is 38.4. The summed E-state index contributed by atoms with van der Waals surface area (Å²) in [5.74, 6) is -0.634. The normalized spacial score (nSPS) is 11.2. The molecule has 0 aliphatic carbocycles. The second-order valence-electron chi connectivity index (χ2n) is 7.53. The minimum atomic E-state index is -4.71. The number of para-hydroxylation sites is 1. The molecule has 0 heterocycles. The Morgan fingerprint density at radius 2 is 1.77 bits per heavy atom. The monoisotopic (exact) mass is 577 g/mol. The quantitative estimate of drug-likeness (QED) is 0.202. The van der Waals surface area contributed by atoms with Crippen LogP contribution >= 0.6 is 11.6 Å². The summed E-state index contributed by atoms with van der Waals surface area (Å²) in [5, 5.41) is 26.4. The van der Waals surface area contributed by atoms with Crippen molar-refractivity contribution in [1.29, 1.82) is 0 Å². The van der Waals surface area contributed by atoms with Crippen LogP contribution in [-0.4, -0.2) is 51.2 Å². The van der Waals surface area contributed by atoms with Crippen LogP contribution in [0.25, 0.3) is 0 Å². The number of non-ortho nitro benzene ring substituents is 1. The molecule has 0 bridgehead atoms. The van der Waals surface area contributed by atoms with Crippen LogP contribution in [0.2, 0.25) is 5.02 Å². The lowest BCUT2D eigenvalue weighted by Gasteiger charge is -2.25. The van der Waals surface area contributed by atoms with Gasteiger partial charge in [0.25, 0.3) is 27.3 Å². The molecular weight excluding hydrogens is 558 g/mol. The fraction of sp³-hybridized carbons (Fsp3) is 0.130. The van der Waals surface area contributed by atoms with Gasteiger partial charge in [0.1, 0.15) is 18.0 Å². The maximum Gasteiger partial charge on any atom is 0.289 e. The van der Waals surface area contributed by atoms with E-state index in [1.54, 1.807) is 0 Å². The second-order valence-corrected chi connectivity index (χ2v) is 9.77. The Labute approximate surface area is 226 Å². The predicted octanol–water partition coefficient (Wildman–Crippen LogP) is 3.52. The van der Waals surface area contributed by atoms with Crippen LogP contribution in [0, 0.1) is 20.2 Å². The third kappa shape index (κ3) is 6.58. The van der Waals surface area contributed by atoms with Gasteiger partial charge in [0, 0.05) is 34.9 Å². The number of halogens is 1. The largest absolute Gasteiger partial charge is 0.497 e. The zero-order valence-corrected chi connectivity index (χ0v) is 21.9. The van der Waals surface area contributed by atoms with Crippen LogP contribution in [0.5, 0.6) is 11.5 Å². The number of nitrogens with zero attached hydrogens (tertiary/aromatic N) is 4. The fourth-order valence-corrected chi connectivity index (χ4v) is 5.08. The SMILES string of the molecule is COc1ccc(N(CC(=O)N/N=C\c2cc([N+](=O)[O-])ccc2Cl)S(=O)(=O)c2ccccc2[N+](=O)[O-])c(OC)c1. The molecule has 3 aromatic rings. The van der Waals surface area contributed by atoms with E-state index in [2.05, 4.69) is 10.5 Å². The number of sulfonamides is 1. The smallest absolute Gasteiger partial charge is 0.289 e. The summed E-state index contributed by atoms with van der Waals surface area (Å²) in [4.78, 5) is 33.2. The number of nitrogens with one attached hydrogen (secondary N) is 1. The van der Waals surface area contributed by atoms with Crippen molar-refractivity contribution in [2.45, 2.75) is 4.90 Å². The number of hydrogen-bond acceptors (Lipinski definition) is 10. The van der Waals surface area contributed by atoms with Crippen molar-refractivity contribution in [1.82, 2.24) is 5.43 Å². The van der Waals surface area contributed by atoms with Crippen molar-refractivity contribution in [3.05, 3.63) is 91.5 Å². The van der Waals surface area contributed by atoms with Crippen molar-refractivity contribution in [2.75, 3.05) is 25.1 Å². The first kappa shape index (κ1) is 28.8. The first-order chi connectivity index (χ1) is 18.5. The summed E-state index contributed by atoms with van der Waals surface area (Å²) in [6.45, 7) is -0.878. The van der Waals surface area contributed by atoms with Gasteiger partial charge in [0.15, 0.2) is 4.90 Å². The Kier molecular flexibility index (Phi) is 9.00. The van der Waals surface area contributed by atoms with Crippen LogP contribution in [0.15, 0.2) is 70.7 Å². The maximum atomic E-state index is 13.7. The first-order valence-electron chi connectivity index (χ1n) is 10.7. The molecule has 0 saturated carbocycles. The van der Waals surface area contributed by atoms with Gasteiger partial charge in [-0.3, -0.25) is 29.3 Å². The summed E-state index contributed by atoms with van der Waals surface area (Å²) in [5.41, 5.74) is 1.17. The van der Waals surface area contributed by atoms with Crippen LogP contribution in [0.1, 0.15) is 5.56 Å². The molecule has 0 saturated heterocycles. The highest BCUT2D eigenvalue weighted by molar-refractivity contribution is 7.93. The topological polar surface area (TPSA) is 184 Å². The van der Waals surface area contributed by atoms with E-state index in [9.17, 15) is 33.4 Å². The van der Waals surface area contributed by atoms with Gasteiger partial charge in [0.2, 0.25) is 0 Å². The third-order valence-corrected chi connectivity index (χ3v) is 7.31. The van der Waals surface area contributed by atoms with Gasteiger partial charge in [-0.2, -0.15) is 5.10 Å². The second kappa shape index (κ2) is 12.2. The summed E-state index contributed by atoms with van der Waals surface area (Å²) in [6, 6.07) is 12.4. The number of nitro benzene ring substituents is 2. The van der Waals surface area contributed by atoms with E-state index in [0.29, 0.717) is 10.1 Å². The van der Waals surface area contributed by atoms with Crippen LogP contribution in [0.4, 0.5) is 17.1 Å². The van der Waals surface area contributed by atoms with E-state index in [0.717, 1.165) is 24.4 Å². The number of benzene rings is 3. The van der Waals surface area contributed by atoms with Gasteiger partial charge < -0.3 is 9.47 Å². The zero-order chi connectivity index (χ0) is 28.7. The predicted molar refractivity (Wildman–Crippen MR) is 141 cm³/mol. The molecule has 16 heteroatoms. The Balaban J connectivity index is 2.00. The van der Waals surface area contributed by atoms with Gasteiger partial charge in [-0.25, -0.2) is 13.8 Å². The molecule has 0 atom stereocenters. The van der Waals surface area contributed by atoms with Crippen molar-refractivity contribution in [3.8, 4) is 11.5 Å². The molecule has 0 unspecified atom stereocenters. The Hall–Kier alpha value is -4.76. The molecule has 14 nitrogen and oxygen atoms in total. The highest BCUT2D eigenvalue weighted by Crippen LogP contribution is 2.37. The third-order valence-electron chi connectivity index (χ3n) is 5.16. The molecule has 0 aromatic heterocycles. The average molecular weight is 578 g/mol. The number of ether oxygens (including phenoxy) is 2. The highest BCUT2D eigenvalue weighted by Gasteiger charge is 2.34. The first-order valence-corrected chi connectivity index (χ1v) is 12.6. The van der Waals surface area contributed by atoms with Crippen molar-refractivity contribution in [2.24, 2.45) is 5.10 Å². The molecule has 0 spiro atoms. The lowest BCUT2D eigenvalue weighted by molar-refractivity contribution is -0.387. The van der Waals surface area contributed by atoms with E-state index >= 15 is 0 Å². The van der Waals surface area contributed by atoms with Crippen molar-refractivity contribution < 1.29 is 32.5 Å². The lowest BCUT2D eigenvalue weighted by atomic mass is 10.2. The summed E-state index contributed by atoms with van der Waals surface area (Å²) >= 11 is 6.01. The maximum absolute atomic E-state index is 13.7. The highest BCUT2D eigenvalue weighted by atomic mass is 35.5. The molecule has 39 heavy (non-hydrogen) atoms. The number of amides is 1. The Bertz CT molecular complexity index is 1560. The Morgan fingerprint density at radius 1 is 1.05 bits per heavy atom. The molecule has 204 valence electrons. The van der Waals surface area contributed by atoms with Crippen molar-refractivity contribution >= 4 is 50.8 Å². The van der Waals surface area contributed by atoms with E-state index in [4.69, 9.17) is 21.1 Å². The van der Waals surface area contributed by atoms with Crippen LogP contribution < -0.4 is 19.2 Å². The summed E-state index contributed by atoms with van der Waals surface area (Å²) in [6.07, 6.45) is 1.04. The van der Waals surface area contributed by atoms with E-state index in [1.807, 2.05) is 0 Å². The number of hydrazone groups is 1. The van der Waals surface area contributed by atoms with Crippen molar-refractivity contribution in [3.63, 3.8) is 0 Å². The molecule has 3 aromatic carbocycles. The summed E-state index contributed by atoms with van der Waals surface area (Å²) in [7, 11) is -2.06. The number of nitro groups is 2. The number of hydrogen-bond donors (Lipinski definition) is 1. The standard InChI is InChI=1S/C23H20ClN5O9S/c1-37-17-8-10-19(21(12-17)38-2)27(39(35,36)22-6-4-3-5-20(22)29(33)34)14-23(30)26-25-13-15-11-16(28(31)32)7-9-18(15)24/h3-13H,14H2,1-2H3,(H,26,30)/b25-13-. The molecular formula is C23H20ClN5O9S. The van der Waals surface area contributed by atoms with Gasteiger partial charge in [-0.1, -0.05) is 23.7 Å². The van der Waals surface area contributed by atoms with Gasteiger partial charge in [0.05, 0.1) is 36.0 Å². The van der Waals surface area contributed by atoms with Gasteiger partial charge in [-0.05, 0) is 24.3 Å². The molecule has 0 aliphatic rings.